The summed E-state index contributed by atoms with van der Waals surface area (Å²) >= 11 is 3.43. The minimum absolute atomic E-state index is 0.00402. The van der Waals surface area contributed by atoms with Crippen LogP contribution in [0.1, 0.15) is 13.3 Å². The van der Waals surface area contributed by atoms with Crippen LogP contribution in [0.5, 0.6) is 5.75 Å². The van der Waals surface area contributed by atoms with E-state index in [2.05, 4.69) is 21.2 Å². The van der Waals surface area contributed by atoms with Crippen LogP contribution >= 0.6 is 15.9 Å². The fraction of sp³-hybridized carbons (Fsp3) is 0.500. The number of amides is 1. The van der Waals surface area contributed by atoms with E-state index in [0.29, 0.717) is 19.8 Å². The Morgan fingerprint density at radius 1 is 1.58 bits per heavy atom. The summed E-state index contributed by atoms with van der Waals surface area (Å²) < 4.78 is 11.9. The molecule has 19 heavy (non-hydrogen) atoms. The highest BCUT2D eigenvalue weighted by Gasteiger charge is 2.23. The highest BCUT2D eigenvalue weighted by atomic mass is 79.9. The quantitative estimate of drug-likeness (QED) is 0.903. The third kappa shape index (κ3) is 4.21. The highest BCUT2D eigenvalue weighted by Crippen LogP contribution is 2.24. The average Bonchev–Trinajstić information content (AvgIpc) is 2.93. The lowest BCUT2D eigenvalue weighted by molar-refractivity contribution is -0.125. The second-order valence-corrected chi connectivity index (χ2v) is 5.52. The van der Waals surface area contributed by atoms with Crippen molar-refractivity contribution in [2.24, 2.45) is 5.92 Å². The van der Waals surface area contributed by atoms with Gasteiger partial charge < -0.3 is 14.8 Å². The number of nitrogens with one attached hydrogen (secondary N) is 1. The standard InChI is InChI=1S/C14H18BrNO3/c1-10(19-13-5-3-2-4-12(13)15)8-16-14(17)11-6-7-18-9-11/h2-5,10-11H,6-9H2,1H3,(H,16,17)/t10-,11-/m0/s1. The molecule has 2 atom stereocenters. The molecule has 0 unspecified atom stereocenters. The predicted molar refractivity (Wildman–Crippen MR) is 76.2 cm³/mol. The number of carbonyl (C=O) groups excluding carboxylic acids is 1. The van der Waals surface area contributed by atoms with Gasteiger partial charge in [0.15, 0.2) is 0 Å². The number of halogens is 1. The maximum Gasteiger partial charge on any atom is 0.225 e. The van der Waals surface area contributed by atoms with Crippen molar-refractivity contribution >= 4 is 21.8 Å². The van der Waals surface area contributed by atoms with E-state index < -0.39 is 0 Å². The van der Waals surface area contributed by atoms with Gasteiger partial charge >= 0.3 is 0 Å². The number of hydrogen-bond donors (Lipinski definition) is 1. The largest absolute Gasteiger partial charge is 0.488 e. The zero-order valence-electron chi connectivity index (χ0n) is 10.9. The van der Waals surface area contributed by atoms with Crippen molar-refractivity contribution in [1.82, 2.24) is 5.32 Å². The molecule has 5 heteroatoms. The summed E-state index contributed by atoms with van der Waals surface area (Å²) in [6, 6.07) is 7.68. The molecule has 1 saturated heterocycles. The molecule has 1 aliphatic heterocycles. The molecule has 1 fully saturated rings. The Balaban J connectivity index is 1.76. The summed E-state index contributed by atoms with van der Waals surface area (Å²) in [4.78, 5) is 11.8. The second-order valence-electron chi connectivity index (χ2n) is 4.66. The Morgan fingerprint density at radius 2 is 2.37 bits per heavy atom. The van der Waals surface area contributed by atoms with Gasteiger partial charge in [-0.15, -0.1) is 0 Å². The van der Waals surface area contributed by atoms with E-state index in [-0.39, 0.29) is 17.9 Å². The summed E-state index contributed by atoms with van der Waals surface area (Å²) in [5.41, 5.74) is 0. The van der Waals surface area contributed by atoms with E-state index in [9.17, 15) is 4.79 Å². The molecule has 1 N–H and O–H groups in total. The number of para-hydroxylation sites is 1. The molecule has 104 valence electrons. The third-order valence-corrected chi connectivity index (χ3v) is 3.68. The Labute approximate surface area is 121 Å². The topological polar surface area (TPSA) is 47.6 Å². The number of rotatable bonds is 5. The third-order valence-electron chi connectivity index (χ3n) is 3.03. The summed E-state index contributed by atoms with van der Waals surface area (Å²) in [5, 5.41) is 2.90. The minimum Gasteiger partial charge on any atom is -0.488 e. The van der Waals surface area contributed by atoms with E-state index in [0.717, 1.165) is 16.6 Å². The molecule has 0 spiro atoms. The van der Waals surface area contributed by atoms with Crippen LogP contribution in [-0.4, -0.2) is 31.8 Å². The monoisotopic (exact) mass is 327 g/mol. The van der Waals surface area contributed by atoms with Crippen LogP contribution in [-0.2, 0) is 9.53 Å². The van der Waals surface area contributed by atoms with Crippen LogP contribution < -0.4 is 10.1 Å². The van der Waals surface area contributed by atoms with Crippen molar-refractivity contribution in [2.75, 3.05) is 19.8 Å². The molecule has 1 aromatic rings. The van der Waals surface area contributed by atoms with Gasteiger partial charge in [0.25, 0.3) is 0 Å². The first-order valence-electron chi connectivity index (χ1n) is 6.43. The minimum atomic E-state index is -0.0787. The zero-order valence-corrected chi connectivity index (χ0v) is 12.5. The van der Waals surface area contributed by atoms with Crippen LogP contribution in [0.2, 0.25) is 0 Å². The first-order chi connectivity index (χ1) is 9.16. The Kier molecular flexibility index (Phi) is 5.22. The summed E-state index contributed by atoms with van der Waals surface area (Å²) in [5.74, 6) is 0.837. The van der Waals surface area contributed by atoms with Gasteiger partial charge in [0.05, 0.1) is 23.5 Å². The summed E-state index contributed by atoms with van der Waals surface area (Å²) in [6.45, 7) is 3.65. The van der Waals surface area contributed by atoms with Crippen molar-refractivity contribution in [3.63, 3.8) is 0 Å². The van der Waals surface area contributed by atoms with Crippen molar-refractivity contribution in [1.29, 1.82) is 0 Å². The molecule has 0 saturated carbocycles. The molecule has 0 radical (unpaired) electrons. The Bertz CT molecular complexity index is 432. The van der Waals surface area contributed by atoms with Crippen molar-refractivity contribution < 1.29 is 14.3 Å². The molecular formula is C14H18BrNO3. The lowest BCUT2D eigenvalue weighted by Crippen LogP contribution is -2.37. The lowest BCUT2D eigenvalue weighted by atomic mass is 10.1. The van der Waals surface area contributed by atoms with E-state index in [1.807, 2.05) is 31.2 Å². The summed E-state index contributed by atoms with van der Waals surface area (Å²) in [6.07, 6.45) is 0.732. The van der Waals surface area contributed by atoms with Gasteiger partial charge in [0.2, 0.25) is 5.91 Å². The van der Waals surface area contributed by atoms with Crippen LogP contribution in [0.15, 0.2) is 28.7 Å². The Hall–Kier alpha value is -1.07. The van der Waals surface area contributed by atoms with E-state index >= 15 is 0 Å². The van der Waals surface area contributed by atoms with Gasteiger partial charge in [-0.2, -0.15) is 0 Å². The molecule has 4 nitrogen and oxygen atoms in total. The lowest BCUT2D eigenvalue weighted by Gasteiger charge is -2.17. The maximum absolute atomic E-state index is 11.8. The van der Waals surface area contributed by atoms with Crippen molar-refractivity contribution in [3.05, 3.63) is 28.7 Å². The van der Waals surface area contributed by atoms with Gasteiger partial charge in [0, 0.05) is 6.61 Å². The number of ether oxygens (including phenoxy) is 2. The van der Waals surface area contributed by atoms with Gasteiger partial charge in [-0.3, -0.25) is 4.79 Å². The van der Waals surface area contributed by atoms with E-state index in [1.54, 1.807) is 0 Å². The fourth-order valence-corrected chi connectivity index (χ4v) is 2.31. The molecule has 1 aliphatic rings. The molecule has 1 amide bonds. The van der Waals surface area contributed by atoms with Crippen LogP contribution in [0.25, 0.3) is 0 Å². The smallest absolute Gasteiger partial charge is 0.225 e. The molecule has 0 bridgehead atoms. The molecule has 0 aromatic heterocycles. The predicted octanol–water partition coefficient (Wildman–Crippen LogP) is 2.37. The van der Waals surface area contributed by atoms with Crippen LogP contribution in [0.4, 0.5) is 0 Å². The number of benzene rings is 1. The van der Waals surface area contributed by atoms with Gasteiger partial charge in [-0.25, -0.2) is 0 Å². The van der Waals surface area contributed by atoms with E-state index in [4.69, 9.17) is 9.47 Å². The fourth-order valence-electron chi connectivity index (χ4n) is 1.93. The normalized spacial score (nSPS) is 20.0. The van der Waals surface area contributed by atoms with Gasteiger partial charge in [0.1, 0.15) is 11.9 Å². The van der Waals surface area contributed by atoms with Crippen molar-refractivity contribution in [2.45, 2.75) is 19.4 Å². The molecule has 1 aromatic carbocycles. The van der Waals surface area contributed by atoms with Crippen molar-refractivity contribution in [3.8, 4) is 5.75 Å². The zero-order chi connectivity index (χ0) is 13.7. The molecule has 0 aliphatic carbocycles. The van der Waals surface area contributed by atoms with Gasteiger partial charge in [-0.05, 0) is 41.4 Å². The summed E-state index contributed by atoms with van der Waals surface area (Å²) in [7, 11) is 0. The molecule has 1 heterocycles. The molecule has 2 rings (SSSR count). The van der Waals surface area contributed by atoms with E-state index in [1.165, 1.54) is 0 Å². The SMILES string of the molecule is C[C@@H](CNC(=O)[C@H]1CCOC1)Oc1ccccc1Br. The first kappa shape index (κ1) is 14.3. The van der Waals surface area contributed by atoms with Gasteiger partial charge in [-0.1, -0.05) is 12.1 Å². The molecular weight excluding hydrogens is 310 g/mol. The average molecular weight is 328 g/mol. The number of carbonyl (C=O) groups is 1. The Morgan fingerprint density at radius 3 is 3.05 bits per heavy atom. The van der Waals surface area contributed by atoms with Crippen LogP contribution in [0, 0.1) is 5.92 Å². The van der Waals surface area contributed by atoms with Crippen LogP contribution in [0.3, 0.4) is 0 Å². The maximum atomic E-state index is 11.8. The second kappa shape index (κ2) is 6.91. The highest BCUT2D eigenvalue weighted by molar-refractivity contribution is 9.10. The number of hydrogen-bond acceptors (Lipinski definition) is 3. The first-order valence-corrected chi connectivity index (χ1v) is 7.22.